The highest BCUT2D eigenvalue weighted by molar-refractivity contribution is 5.57. The van der Waals surface area contributed by atoms with E-state index in [1.54, 1.807) is 7.11 Å². The summed E-state index contributed by atoms with van der Waals surface area (Å²) in [7, 11) is 1.76. The average Bonchev–Trinajstić information content (AvgIpc) is 3.68. The molecule has 2 aliphatic rings. The van der Waals surface area contributed by atoms with Gasteiger partial charge in [0.15, 0.2) is 0 Å². The van der Waals surface area contributed by atoms with Crippen molar-refractivity contribution in [1.82, 2.24) is 0 Å². The third-order valence-corrected chi connectivity index (χ3v) is 7.58. The molecular weight excluding hydrogens is 418 g/mol. The lowest BCUT2D eigenvalue weighted by atomic mass is 9.88. The first-order valence-corrected chi connectivity index (χ1v) is 13.3. The van der Waals surface area contributed by atoms with Gasteiger partial charge in [0.1, 0.15) is 11.5 Å². The van der Waals surface area contributed by atoms with Crippen molar-refractivity contribution >= 4 is 5.69 Å². The lowest BCUT2D eigenvalue weighted by Gasteiger charge is -2.35. The Bertz CT molecular complexity index is 919. The molecule has 0 N–H and O–H groups in total. The summed E-state index contributed by atoms with van der Waals surface area (Å²) < 4.78 is 11.8. The number of hydrogen-bond acceptors (Lipinski definition) is 3. The van der Waals surface area contributed by atoms with Gasteiger partial charge in [-0.25, -0.2) is 0 Å². The van der Waals surface area contributed by atoms with E-state index < -0.39 is 0 Å². The van der Waals surface area contributed by atoms with Crippen molar-refractivity contribution in [3.8, 4) is 11.5 Å². The standard InChI is InChI=1S/C31H44NO2/c1-23(25-11-12-25)27-8-6-10-29(20-27)34-22-24-15-18-32(19-16-24)30-21-28(33-5)14-13-26(30)9-7-17-31(2,3)4/h6,8,10,13-14,20-21,23-25H,1,7,9,11-12,15-19,22H2,2-5H3/t23-/m0/s1. The van der Waals surface area contributed by atoms with Crippen LogP contribution in [0.3, 0.4) is 0 Å². The molecule has 1 aliphatic carbocycles. The second kappa shape index (κ2) is 11.1. The Hall–Kier alpha value is -2.16. The number of aryl methyl sites for hydroxylation is 1. The molecule has 34 heavy (non-hydrogen) atoms. The van der Waals surface area contributed by atoms with Gasteiger partial charge in [0, 0.05) is 24.8 Å². The van der Waals surface area contributed by atoms with Gasteiger partial charge in [-0.05, 0) is 104 Å². The number of ether oxygens (including phenoxy) is 2. The molecule has 0 unspecified atom stereocenters. The molecule has 0 spiro atoms. The van der Waals surface area contributed by atoms with Crippen LogP contribution in [0.5, 0.6) is 11.5 Å². The number of nitrogens with zero attached hydrogens (tertiary/aromatic N) is 1. The van der Waals surface area contributed by atoms with E-state index in [9.17, 15) is 0 Å². The van der Waals surface area contributed by atoms with Crippen molar-refractivity contribution in [2.24, 2.45) is 17.3 Å². The van der Waals surface area contributed by atoms with E-state index in [2.05, 4.69) is 75.1 Å². The van der Waals surface area contributed by atoms with Gasteiger partial charge in [-0.15, -0.1) is 0 Å². The predicted molar refractivity (Wildman–Crippen MR) is 143 cm³/mol. The summed E-state index contributed by atoms with van der Waals surface area (Å²) in [5.74, 6) is 3.74. The van der Waals surface area contributed by atoms with E-state index in [0.29, 0.717) is 17.3 Å². The molecule has 3 heteroatoms. The van der Waals surface area contributed by atoms with E-state index in [-0.39, 0.29) is 0 Å². The molecule has 1 radical (unpaired) electrons. The second-order valence-electron chi connectivity index (χ2n) is 11.7. The minimum Gasteiger partial charge on any atom is -0.497 e. The lowest BCUT2D eigenvalue weighted by Crippen LogP contribution is -2.36. The minimum atomic E-state index is 0.386. The van der Waals surface area contributed by atoms with Crippen LogP contribution in [-0.2, 0) is 6.42 Å². The van der Waals surface area contributed by atoms with Crippen LogP contribution in [0.25, 0.3) is 0 Å². The smallest absolute Gasteiger partial charge is 0.120 e. The maximum atomic E-state index is 6.26. The largest absolute Gasteiger partial charge is 0.497 e. The van der Waals surface area contributed by atoms with Crippen LogP contribution >= 0.6 is 0 Å². The van der Waals surface area contributed by atoms with Gasteiger partial charge in [0.2, 0.25) is 0 Å². The summed E-state index contributed by atoms with van der Waals surface area (Å²) in [4.78, 5) is 2.56. The predicted octanol–water partition coefficient (Wildman–Crippen LogP) is 7.69. The zero-order valence-electron chi connectivity index (χ0n) is 21.8. The highest BCUT2D eigenvalue weighted by Gasteiger charge is 2.29. The molecule has 2 aromatic rings. The summed E-state index contributed by atoms with van der Waals surface area (Å²) in [5.41, 5.74) is 4.53. The molecule has 2 aromatic carbocycles. The Morgan fingerprint density at radius 3 is 2.44 bits per heavy atom. The van der Waals surface area contributed by atoms with Gasteiger partial charge < -0.3 is 14.4 Å². The quantitative estimate of drug-likeness (QED) is 0.361. The number of anilines is 1. The van der Waals surface area contributed by atoms with Crippen molar-refractivity contribution in [2.75, 3.05) is 31.7 Å². The Morgan fingerprint density at radius 2 is 1.76 bits per heavy atom. The van der Waals surface area contributed by atoms with Gasteiger partial charge in [-0.1, -0.05) is 39.0 Å². The van der Waals surface area contributed by atoms with Crippen LogP contribution in [0.15, 0.2) is 42.5 Å². The van der Waals surface area contributed by atoms with Gasteiger partial charge in [0.25, 0.3) is 0 Å². The molecule has 2 fully saturated rings. The monoisotopic (exact) mass is 462 g/mol. The van der Waals surface area contributed by atoms with Crippen LogP contribution in [-0.4, -0.2) is 26.8 Å². The van der Waals surface area contributed by atoms with E-state index in [4.69, 9.17) is 9.47 Å². The minimum absolute atomic E-state index is 0.386. The summed E-state index contributed by atoms with van der Waals surface area (Å²) in [6, 6.07) is 15.3. The lowest BCUT2D eigenvalue weighted by molar-refractivity contribution is 0.222. The fraction of sp³-hybridized carbons (Fsp3) is 0.581. The first-order valence-electron chi connectivity index (χ1n) is 13.3. The van der Waals surface area contributed by atoms with Gasteiger partial charge in [0.05, 0.1) is 13.7 Å². The van der Waals surface area contributed by atoms with Gasteiger partial charge >= 0.3 is 0 Å². The highest BCUT2D eigenvalue weighted by Crippen LogP contribution is 2.42. The number of piperidine rings is 1. The zero-order chi connectivity index (χ0) is 24.1. The van der Waals surface area contributed by atoms with Crippen molar-refractivity contribution in [3.05, 3.63) is 60.5 Å². The van der Waals surface area contributed by atoms with Crippen molar-refractivity contribution in [2.45, 2.75) is 71.6 Å². The highest BCUT2D eigenvalue weighted by atomic mass is 16.5. The molecule has 1 saturated heterocycles. The molecule has 1 saturated carbocycles. The Labute approximate surface area is 207 Å². The molecule has 0 amide bonds. The topological polar surface area (TPSA) is 21.7 Å². The normalized spacial score (nSPS) is 18.1. The Balaban J connectivity index is 1.31. The van der Waals surface area contributed by atoms with Gasteiger partial charge in [-0.2, -0.15) is 0 Å². The number of benzene rings is 2. The molecule has 1 heterocycles. The van der Waals surface area contributed by atoms with Gasteiger partial charge in [-0.3, -0.25) is 0 Å². The van der Waals surface area contributed by atoms with E-state index in [1.165, 1.54) is 55.3 Å². The van der Waals surface area contributed by atoms with Crippen LogP contribution in [0.4, 0.5) is 5.69 Å². The van der Waals surface area contributed by atoms with Crippen LogP contribution in [0.2, 0.25) is 0 Å². The molecular formula is C31H44NO2. The molecule has 0 bridgehead atoms. The van der Waals surface area contributed by atoms with Crippen molar-refractivity contribution in [3.63, 3.8) is 0 Å². The van der Waals surface area contributed by atoms with Crippen LogP contribution in [0, 0.1) is 24.2 Å². The molecule has 1 aliphatic heterocycles. The fourth-order valence-electron chi connectivity index (χ4n) is 5.15. The first-order chi connectivity index (χ1) is 16.3. The molecule has 3 nitrogen and oxygen atoms in total. The number of methoxy groups -OCH3 is 1. The third-order valence-electron chi connectivity index (χ3n) is 7.58. The maximum Gasteiger partial charge on any atom is 0.120 e. The summed E-state index contributed by atoms with van der Waals surface area (Å²) in [6.45, 7) is 14.3. The summed E-state index contributed by atoms with van der Waals surface area (Å²) in [5, 5.41) is 0. The van der Waals surface area contributed by atoms with Crippen molar-refractivity contribution < 1.29 is 9.47 Å². The van der Waals surface area contributed by atoms with Crippen LogP contribution in [0.1, 0.15) is 76.3 Å². The first kappa shape index (κ1) is 24.9. The van der Waals surface area contributed by atoms with E-state index in [1.807, 2.05) is 0 Å². The zero-order valence-corrected chi connectivity index (χ0v) is 21.8. The Morgan fingerprint density at radius 1 is 1.00 bits per heavy atom. The molecule has 1 atom stereocenters. The molecule has 0 aromatic heterocycles. The second-order valence-corrected chi connectivity index (χ2v) is 11.7. The Kier molecular flexibility index (Phi) is 8.11. The van der Waals surface area contributed by atoms with Crippen molar-refractivity contribution in [1.29, 1.82) is 0 Å². The molecule has 4 rings (SSSR count). The SMILES string of the molecule is [CH2][C@H](c1cccc(OCC2CCN(c3cc(OC)ccc3CCCC(C)(C)C)CC2)c1)C1CC1. The third kappa shape index (κ3) is 6.93. The number of rotatable bonds is 10. The van der Waals surface area contributed by atoms with Crippen LogP contribution < -0.4 is 14.4 Å². The number of hydrogen-bond donors (Lipinski definition) is 0. The van der Waals surface area contributed by atoms with E-state index in [0.717, 1.165) is 43.5 Å². The summed E-state index contributed by atoms with van der Waals surface area (Å²) in [6.07, 6.45) is 8.57. The maximum absolute atomic E-state index is 6.26. The molecule has 185 valence electrons. The summed E-state index contributed by atoms with van der Waals surface area (Å²) >= 11 is 0. The van der Waals surface area contributed by atoms with E-state index >= 15 is 0 Å². The average molecular weight is 463 g/mol. The fourth-order valence-corrected chi connectivity index (χ4v) is 5.15.